The molecule has 0 saturated heterocycles. The third-order valence-corrected chi connectivity index (χ3v) is 3.97. The van der Waals surface area contributed by atoms with Crippen LogP contribution in [-0.4, -0.2) is 22.9 Å². The van der Waals surface area contributed by atoms with Crippen molar-refractivity contribution in [1.82, 2.24) is 0 Å². The van der Waals surface area contributed by atoms with Gasteiger partial charge in [-0.1, -0.05) is 0 Å². The molecule has 19 heavy (non-hydrogen) atoms. The Hall–Kier alpha value is -1.50. The molecule has 0 aromatic carbocycles. The van der Waals surface area contributed by atoms with Crippen LogP contribution in [0, 0.1) is 5.92 Å². The first-order chi connectivity index (χ1) is 8.89. The van der Waals surface area contributed by atoms with Crippen LogP contribution in [0.5, 0.6) is 0 Å². The number of thiophene rings is 1. The first-order valence-electron chi connectivity index (χ1n) is 5.88. The first-order valence-corrected chi connectivity index (χ1v) is 6.76. The molecule has 1 heterocycles. The molecule has 1 unspecified atom stereocenters. The SMILES string of the molecule is O=C(O)c1ccsc1NC(=O)C1CCCC(F)(F)C1. The standard InChI is InChI=1S/C12H13F2NO3S/c13-12(14)4-1-2-7(6-12)9(16)15-10-8(11(17)18)3-5-19-10/h3,5,7H,1-2,4,6H2,(H,15,16)(H,17,18). The van der Waals surface area contributed by atoms with Gasteiger partial charge in [-0.15, -0.1) is 11.3 Å². The molecule has 1 fully saturated rings. The van der Waals surface area contributed by atoms with Gasteiger partial charge in [0.05, 0.1) is 5.56 Å². The minimum atomic E-state index is -2.80. The summed E-state index contributed by atoms with van der Waals surface area (Å²) in [6.07, 6.45) is 0.0687. The second-order valence-corrected chi connectivity index (χ2v) is 5.52. The maximum atomic E-state index is 13.2. The molecule has 1 saturated carbocycles. The van der Waals surface area contributed by atoms with Crippen molar-refractivity contribution in [1.29, 1.82) is 0 Å². The van der Waals surface area contributed by atoms with Crippen molar-refractivity contribution in [2.24, 2.45) is 5.92 Å². The van der Waals surface area contributed by atoms with Gasteiger partial charge in [0.15, 0.2) is 0 Å². The van der Waals surface area contributed by atoms with Crippen LogP contribution >= 0.6 is 11.3 Å². The molecule has 1 aliphatic rings. The highest BCUT2D eigenvalue weighted by atomic mass is 32.1. The van der Waals surface area contributed by atoms with Crippen LogP contribution in [0.1, 0.15) is 36.0 Å². The van der Waals surface area contributed by atoms with E-state index in [4.69, 9.17) is 5.11 Å². The van der Waals surface area contributed by atoms with Crippen molar-refractivity contribution in [2.45, 2.75) is 31.6 Å². The summed E-state index contributed by atoms with van der Waals surface area (Å²) in [5, 5.41) is 13.1. The van der Waals surface area contributed by atoms with Gasteiger partial charge in [-0.2, -0.15) is 0 Å². The molecular formula is C12H13F2NO3S. The lowest BCUT2D eigenvalue weighted by molar-refractivity contribution is -0.127. The number of halogens is 2. The van der Waals surface area contributed by atoms with Crippen LogP contribution in [0.25, 0.3) is 0 Å². The van der Waals surface area contributed by atoms with E-state index >= 15 is 0 Å². The number of carboxylic acids is 1. The number of hydrogen-bond donors (Lipinski definition) is 2. The maximum absolute atomic E-state index is 13.2. The molecule has 2 rings (SSSR count). The fraction of sp³-hybridized carbons (Fsp3) is 0.500. The van der Waals surface area contributed by atoms with Crippen molar-refractivity contribution < 1.29 is 23.5 Å². The monoisotopic (exact) mass is 289 g/mol. The summed E-state index contributed by atoms with van der Waals surface area (Å²) < 4.78 is 26.5. The predicted octanol–water partition coefficient (Wildman–Crippen LogP) is 3.21. The van der Waals surface area contributed by atoms with Crippen molar-refractivity contribution >= 4 is 28.2 Å². The Bertz CT molecular complexity index is 501. The summed E-state index contributed by atoms with van der Waals surface area (Å²) in [6, 6.07) is 1.37. The fourth-order valence-electron chi connectivity index (χ4n) is 2.18. The van der Waals surface area contributed by atoms with Crippen LogP contribution < -0.4 is 5.32 Å². The maximum Gasteiger partial charge on any atom is 0.338 e. The molecule has 2 N–H and O–H groups in total. The van der Waals surface area contributed by atoms with E-state index in [1.165, 1.54) is 11.4 Å². The molecule has 7 heteroatoms. The Morgan fingerprint density at radius 1 is 1.47 bits per heavy atom. The van der Waals surface area contributed by atoms with Gasteiger partial charge in [0, 0.05) is 18.8 Å². The molecular weight excluding hydrogens is 276 g/mol. The Kier molecular flexibility index (Phi) is 3.84. The zero-order chi connectivity index (χ0) is 14.0. The number of aromatic carboxylic acids is 1. The zero-order valence-corrected chi connectivity index (χ0v) is 10.8. The van der Waals surface area contributed by atoms with Gasteiger partial charge in [-0.3, -0.25) is 4.79 Å². The topological polar surface area (TPSA) is 66.4 Å². The molecule has 1 atom stereocenters. The number of nitrogens with one attached hydrogen (secondary N) is 1. The normalized spacial score (nSPS) is 21.9. The molecule has 0 bridgehead atoms. The summed E-state index contributed by atoms with van der Waals surface area (Å²) in [7, 11) is 0. The van der Waals surface area contributed by atoms with Gasteiger partial charge in [-0.05, 0) is 24.3 Å². The number of carbonyl (C=O) groups is 2. The van der Waals surface area contributed by atoms with Gasteiger partial charge in [-0.25, -0.2) is 13.6 Å². The van der Waals surface area contributed by atoms with E-state index in [0.29, 0.717) is 12.8 Å². The highest BCUT2D eigenvalue weighted by Gasteiger charge is 2.39. The number of alkyl halides is 2. The van der Waals surface area contributed by atoms with E-state index < -0.39 is 30.1 Å². The van der Waals surface area contributed by atoms with Gasteiger partial charge < -0.3 is 10.4 Å². The summed E-state index contributed by atoms with van der Waals surface area (Å²) in [5.74, 6) is -5.23. The van der Waals surface area contributed by atoms with Crippen molar-refractivity contribution in [2.75, 3.05) is 5.32 Å². The zero-order valence-electron chi connectivity index (χ0n) is 9.99. The summed E-state index contributed by atoms with van der Waals surface area (Å²) in [5.41, 5.74) is -0.0130. The highest BCUT2D eigenvalue weighted by Crippen LogP contribution is 2.37. The smallest absolute Gasteiger partial charge is 0.338 e. The fourth-order valence-corrected chi connectivity index (χ4v) is 2.97. The van der Waals surface area contributed by atoms with Crippen LogP contribution in [0.3, 0.4) is 0 Å². The number of anilines is 1. The largest absolute Gasteiger partial charge is 0.478 e. The average Bonchev–Trinajstić information content (AvgIpc) is 2.75. The lowest BCUT2D eigenvalue weighted by Gasteiger charge is -2.27. The Labute approximate surface area is 112 Å². The van der Waals surface area contributed by atoms with E-state index in [2.05, 4.69) is 5.32 Å². The van der Waals surface area contributed by atoms with E-state index in [1.807, 2.05) is 0 Å². The molecule has 1 aliphatic carbocycles. The number of amides is 1. The molecule has 1 aromatic heterocycles. The van der Waals surface area contributed by atoms with Crippen molar-refractivity contribution in [3.63, 3.8) is 0 Å². The molecule has 0 aliphatic heterocycles. The quantitative estimate of drug-likeness (QED) is 0.898. The minimum Gasteiger partial charge on any atom is -0.478 e. The average molecular weight is 289 g/mol. The van der Waals surface area contributed by atoms with E-state index in [0.717, 1.165) is 11.3 Å². The lowest BCUT2D eigenvalue weighted by Crippen LogP contribution is -2.33. The van der Waals surface area contributed by atoms with Gasteiger partial charge in [0.2, 0.25) is 11.8 Å². The Morgan fingerprint density at radius 2 is 2.21 bits per heavy atom. The number of carbonyl (C=O) groups excluding carboxylic acids is 1. The molecule has 1 amide bonds. The summed E-state index contributed by atoms with van der Waals surface area (Å²) in [6.45, 7) is 0. The molecule has 0 spiro atoms. The van der Waals surface area contributed by atoms with E-state index in [-0.39, 0.29) is 17.0 Å². The number of rotatable bonds is 3. The Balaban J connectivity index is 2.05. The van der Waals surface area contributed by atoms with Crippen molar-refractivity contribution in [3.05, 3.63) is 17.0 Å². The molecule has 4 nitrogen and oxygen atoms in total. The van der Waals surface area contributed by atoms with Crippen LogP contribution in [0.4, 0.5) is 13.8 Å². The lowest BCUT2D eigenvalue weighted by atomic mass is 9.86. The van der Waals surface area contributed by atoms with Gasteiger partial charge in [0.25, 0.3) is 0 Å². The molecule has 0 radical (unpaired) electrons. The Morgan fingerprint density at radius 3 is 2.84 bits per heavy atom. The van der Waals surface area contributed by atoms with E-state index in [1.54, 1.807) is 0 Å². The van der Waals surface area contributed by atoms with Crippen LogP contribution in [0.15, 0.2) is 11.4 Å². The third-order valence-electron chi connectivity index (χ3n) is 3.14. The first kappa shape index (κ1) is 13.9. The van der Waals surface area contributed by atoms with Crippen LogP contribution in [-0.2, 0) is 4.79 Å². The van der Waals surface area contributed by atoms with Gasteiger partial charge in [0.1, 0.15) is 5.00 Å². The predicted molar refractivity (Wildman–Crippen MR) is 66.8 cm³/mol. The number of carboxylic acid groups (broad SMARTS) is 1. The third kappa shape index (κ3) is 3.28. The highest BCUT2D eigenvalue weighted by molar-refractivity contribution is 7.14. The number of hydrogen-bond acceptors (Lipinski definition) is 3. The van der Waals surface area contributed by atoms with Crippen LogP contribution in [0.2, 0.25) is 0 Å². The van der Waals surface area contributed by atoms with Gasteiger partial charge >= 0.3 is 5.97 Å². The summed E-state index contributed by atoms with van der Waals surface area (Å²) in [4.78, 5) is 22.8. The molecule has 104 valence electrons. The van der Waals surface area contributed by atoms with Crippen molar-refractivity contribution in [3.8, 4) is 0 Å². The molecule has 1 aromatic rings. The second kappa shape index (κ2) is 5.24. The summed E-state index contributed by atoms with van der Waals surface area (Å²) >= 11 is 1.07. The second-order valence-electron chi connectivity index (χ2n) is 4.61. The minimum absolute atomic E-state index is 0.0130. The van der Waals surface area contributed by atoms with E-state index in [9.17, 15) is 18.4 Å².